The lowest BCUT2D eigenvalue weighted by molar-refractivity contribution is 0.513. The highest BCUT2D eigenvalue weighted by Gasteiger charge is 2.11. The summed E-state index contributed by atoms with van der Waals surface area (Å²) in [5, 5.41) is 0. The van der Waals surface area contributed by atoms with Gasteiger partial charge in [-0.3, -0.25) is 0 Å². The summed E-state index contributed by atoms with van der Waals surface area (Å²) in [5.41, 5.74) is 3.37. The van der Waals surface area contributed by atoms with Crippen molar-refractivity contribution in [3.05, 3.63) is 38.9 Å². The molecule has 84 valence electrons. The topological polar surface area (TPSA) is 26.0 Å². The Balaban J connectivity index is 2.49. The molecule has 0 fully saturated rings. The van der Waals surface area contributed by atoms with E-state index in [0.29, 0.717) is 0 Å². The molecule has 0 radical (unpaired) electrons. The molecule has 0 atom stereocenters. The first-order valence-electron chi connectivity index (χ1n) is 5.34. The van der Waals surface area contributed by atoms with E-state index in [0.717, 1.165) is 29.3 Å². The Morgan fingerprint density at radius 3 is 2.62 bits per heavy atom. The van der Waals surface area contributed by atoms with E-state index < -0.39 is 0 Å². The summed E-state index contributed by atoms with van der Waals surface area (Å²) in [6.45, 7) is 6.15. The Morgan fingerprint density at radius 2 is 2.06 bits per heavy atom. The van der Waals surface area contributed by atoms with Crippen molar-refractivity contribution in [3.63, 3.8) is 0 Å². The van der Waals surface area contributed by atoms with Gasteiger partial charge in [-0.1, -0.05) is 19.1 Å². The Kier molecular flexibility index (Phi) is 3.33. The van der Waals surface area contributed by atoms with Crippen LogP contribution in [0.25, 0.3) is 11.3 Å². The monoisotopic (exact) mass is 327 g/mol. The first kappa shape index (κ1) is 11.6. The molecule has 0 saturated carbocycles. The smallest absolute Gasteiger partial charge is 0.194 e. The second-order valence-electron chi connectivity index (χ2n) is 3.84. The van der Waals surface area contributed by atoms with Crippen LogP contribution < -0.4 is 0 Å². The van der Waals surface area contributed by atoms with Crippen LogP contribution >= 0.6 is 22.6 Å². The zero-order chi connectivity index (χ0) is 11.7. The van der Waals surface area contributed by atoms with Crippen LogP contribution in [0.3, 0.4) is 0 Å². The molecule has 2 aromatic rings. The van der Waals surface area contributed by atoms with Crippen molar-refractivity contribution in [1.29, 1.82) is 0 Å². The molecule has 0 N–H and O–H groups in total. The molecule has 0 aliphatic heterocycles. The number of benzene rings is 1. The van der Waals surface area contributed by atoms with Gasteiger partial charge in [0.2, 0.25) is 0 Å². The summed E-state index contributed by atoms with van der Waals surface area (Å²) in [6, 6.07) is 6.35. The fraction of sp³-hybridized carbons (Fsp3) is 0.308. The van der Waals surface area contributed by atoms with E-state index in [1.807, 2.05) is 13.8 Å². The molecule has 3 heteroatoms. The van der Waals surface area contributed by atoms with Crippen LogP contribution in [0.15, 0.2) is 22.6 Å². The average Bonchev–Trinajstić information content (AvgIpc) is 2.64. The highest BCUT2D eigenvalue weighted by molar-refractivity contribution is 14.1. The van der Waals surface area contributed by atoms with Gasteiger partial charge in [0.25, 0.3) is 0 Å². The Morgan fingerprint density at radius 1 is 1.31 bits per heavy atom. The van der Waals surface area contributed by atoms with Crippen LogP contribution in [0.1, 0.15) is 24.1 Å². The van der Waals surface area contributed by atoms with Gasteiger partial charge >= 0.3 is 0 Å². The van der Waals surface area contributed by atoms with Gasteiger partial charge < -0.3 is 4.42 Å². The number of oxazole rings is 1. The fourth-order valence-electron chi connectivity index (χ4n) is 1.61. The molecule has 16 heavy (non-hydrogen) atoms. The maximum Gasteiger partial charge on any atom is 0.194 e. The lowest BCUT2D eigenvalue weighted by Gasteiger charge is -2.01. The maximum absolute atomic E-state index is 5.73. The third kappa shape index (κ3) is 2.14. The van der Waals surface area contributed by atoms with E-state index in [9.17, 15) is 0 Å². The molecular formula is C13H14INO. The van der Waals surface area contributed by atoms with Crippen LogP contribution in [0, 0.1) is 17.4 Å². The SMILES string of the molecule is CCc1nc(C)c(-c2ccc(C)c(I)c2)o1. The lowest BCUT2D eigenvalue weighted by Crippen LogP contribution is -1.83. The predicted molar refractivity (Wildman–Crippen MR) is 73.5 cm³/mol. The van der Waals surface area contributed by atoms with Gasteiger partial charge in [0.05, 0.1) is 5.69 Å². The van der Waals surface area contributed by atoms with Crippen LogP contribution in [0.5, 0.6) is 0 Å². The molecule has 0 bridgehead atoms. The molecular weight excluding hydrogens is 313 g/mol. The second kappa shape index (κ2) is 4.57. The van der Waals surface area contributed by atoms with E-state index in [-0.39, 0.29) is 0 Å². The summed E-state index contributed by atoms with van der Waals surface area (Å²) >= 11 is 2.34. The predicted octanol–water partition coefficient (Wildman–Crippen LogP) is 4.13. The lowest BCUT2D eigenvalue weighted by atomic mass is 10.1. The maximum atomic E-state index is 5.73. The summed E-state index contributed by atoms with van der Waals surface area (Å²) < 4.78 is 6.98. The first-order chi connectivity index (χ1) is 7.61. The third-order valence-corrected chi connectivity index (χ3v) is 3.74. The van der Waals surface area contributed by atoms with Crippen molar-refractivity contribution < 1.29 is 4.42 Å². The number of halogens is 1. The highest BCUT2D eigenvalue weighted by atomic mass is 127. The Bertz CT molecular complexity index is 517. The molecule has 2 rings (SSSR count). The van der Waals surface area contributed by atoms with Crippen molar-refractivity contribution >= 4 is 22.6 Å². The van der Waals surface area contributed by atoms with Crippen molar-refractivity contribution in [2.24, 2.45) is 0 Å². The van der Waals surface area contributed by atoms with Gasteiger partial charge in [-0.2, -0.15) is 0 Å². The number of aryl methyl sites for hydroxylation is 3. The Hall–Kier alpha value is -0.840. The minimum atomic E-state index is 0.808. The number of aromatic nitrogens is 1. The van der Waals surface area contributed by atoms with Crippen LogP contribution in [0.4, 0.5) is 0 Å². The van der Waals surface area contributed by atoms with E-state index in [2.05, 4.69) is 52.7 Å². The summed E-state index contributed by atoms with van der Waals surface area (Å²) in [7, 11) is 0. The number of nitrogens with zero attached hydrogens (tertiary/aromatic N) is 1. The van der Waals surface area contributed by atoms with E-state index in [4.69, 9.17) is 4.42 Å². The van der Waals surface area contributed by atoms with Crippen LogP contribution in [0.2, 0.25) is 0 Å². The number of rotatable bonds is 2. The molecule has 0 saturated heterocycles. The summed E-state index contributed by atoms with van der Waals surface area (Å²) in [4.78, 5) is 4.39. The molecule has 1 aromatic carbocycles. The van der Waals surface area contributed by atoms with Gasteiger partial charge in [-0.15, -0.1) is 0 Å². The first-order valence-corrected chi connectivity index (χ1v) is 6.42. The molecule has 1 heterocycles. The number of hydrogen-bond donors (Lipinski definition) is 0. The average molecular weight is 327 g/mol. The van der Waals surface area contributed by atoms with E-state index in [1.165, 1.54) is 9.13 Å². The van der Waals surface area contributed by atoms with Crippen molar-refractivity contribution in [2.75, 3.05) is 0 Å². The Labute approximate surface area is 109 Å². The zero-order valence-electron chi connectivity index (χ0n) is 9.67. The molecule has 0 aliphatic carbocycles. The van der Waals surface area contributed by atoms with Gasteiger partial charge in [0.15, 0.2) is 11.7 Å². The largest absolute Gasteiger partial charge is 0.440 e. The van der Waals surface area contributed by atoms with Gasteiger partial charge in [-0.25, -0.2) is 4.98 Å². The molecule has 0 unspecified atom stereocenters. The third-order valence-electron chi connectivity index (χ3n) is 2.58. The molecule has 0 amide bonds. The number of hydrogen-bond acceptors (Lipinski definition) is 2. The van der Waals surface area contributed by atoms with Crippen molar-refractivity contribution in [3.8, 4) is 11.3 Å². The van der Waals surface area contributed by atoms with Gasteiger partial charge in [-0.05, 0) is 48.1 Å². The quantitative estimate of drug-likeness (QED) is 0.776. The minimum absolute atomic E-state index is 0.808. The van der Waals surface area contributed by atoms with Crippen molar-refractivity contribution in [2.45, 2.75) is 27.2 Å². The minimum Gasteiger partial charge on any atom is -0.440 e. The molecule has 1 aromatic heterocycles. The molecule has 0 aliphatic rings. The normalized spacial score (nSPS) is 10.8. The van der Waals surface area contributed by atoms with Crippen LogP contribution in [-0.2, 0) is 6.42 Å². The highest BCUT2D eigenvalue weighted by Crippen LogP contribution is 2.27. The van der Waals surface area contributed by atoms with E-state index in [1.54, 1.807) is 0 Å². The zero-order valence-corrected chi connectivity index (χ0v) is 11.8. The van der Waals surface area contributed by atoms with Crippen LogP contribution in [-0.4, -0.2) is 4.98 Å². The van der Waals surface area contributed by atoms with E-state index >= 15 is 0 Å². The molecule has 0 spiro atoms. The summed E-state index contributed by atoms with van der Waals surface area (Å²) in [5.74, 6) is 1.71. The second-order valence-corrected chi connectivity index (χ2v) is 5.00. The van der Waals surface area contributed by atoms with Gasteiger partial charge in [0.1, 0.15) is 0 Å². The fourth-order valence-corrected chi connectivity index (χ4v) is 2.12. The summed E-state index contributed by atoms with van der Waals surface area (Å²) in [6.07, 6.45) is 0.837. The molecule has 2 nitrogen and oxygen atoms in total. The standard InChI is InChI=1S/C13H14INO/c1-4-12-15-9(3)13(16-12)10-6-5-8(2)11(14)7-10/h5-7H,4H2,1-3H3. The van der Waals surface area contributed by atoms with Gasteiger partial charge in [0, 0.05) is 15.6 Å². The van der Waals surface area contributed by atoms with Crippen molar-refractivity contribution in [1.82, 2.24) is 4.98 Å².